The van der Waals surface area contributed by atoms with Crippen LogP contribution in [0.25, 0.3) is 0 Å². The summed E-state index contributed by atoms with van der Waals surface area (Å²) in [5.74, 6) is 1.38. The Morgan fingerprint density at radius 3 is 2.47 bits per heavy atom. The first-order valence-corrected chi connectivity index (χ1v) is 6.01. The van der Waals surface area contributed by atoms with Gasteiger partial charge >= 0.3 is 0 Å². The van der Waals surface area contributed by atoms with Gasteiger partial charge in [-0.1, -0.05) is 25.4 Å². The van der Waals surface area contributed by atoms with Gasteiger partial charge in [0, 0.05) is 13.1 Å². The van der Waals surface area contributed by atoms with Crippen LogP contribution >= 0.6 is 27.5 Å². The maximum Gasteiger partial charge on any atom is 0.148 e. The molecule has 15 heavy (non-hydrogen) atoms. The second-order valence-electron chi connectivity index (χ2n) is 3.90. The highest BCUT2D eigenvalue weighted by atomic mass is 79.9. The maximum absolute atomic E-state index is 5.92. The predicted octanol–water partition coefficient (Wildman–Crippen LogP) is 3.37. The number of rotatable bonds is 3. The lowest BCUT2D eigenvalue weighted by Crippen LogP contribution is -2.34. The molecule has 1 unspecified atom stereocenters. The van der Waals surface area contributed by atoms with E-state index in [0.717, 1.165) is 10.3 Å². The molecular formula is C10H15BrClN3. The lowest BCUT2D eigenvalue weighted by atomic mass is 10.1. The fourth-order valence-electron chi connectivity index (χ4n) is 1.23. The van der Waals surface area contributed by atoms with Gasteiger partial charge in [-0.15, -0.1) is 0 Å². The summed E-state index contributed by atoms with van der Waals surface area (Å²) in [7, 11) is 2.01. The SMILES string of the molecule is CC(C)C(C)N(C)c1ncnc(Cl)c1Br. The molecule has 0 spiro atoms. The molecule has 1 aromatic heterocycles. The molecular weight excluding hydrogens is 277 g/mol. The van der Waals surface area contributed by atoms with E-state index >= 15 is 0 Å². The summed E-state index contributed by atoms with van der Waals surface area (Å²) in [6, 6.07) is 0.396. The van der Waals surface area contributed by atoms with Crippen LogP contribution < -0.4 is 4.90 Å². The van der Waals surface area contributed by atoms with Gasteiger partial charge in [0.25, 0.3) is 0 Å². The molecule has 1 aromatic rings. The van der Waals surface area contributed by atoms with E-state index in [0.29, 0.717) is 17.1 Å². The van der Waals surface area contributed by atoms with Gasteiger partial charge in [-0.3, -0.25) is 0 Å². The van der Waals surface area contributed by atoms with E-state index in [1.54, 1.807) is 0 Å². The fourth-order valence-corrected chi connectivity index (χ4v) is 1.84. The number of anilines is 1. The summed E-state index contributed by atoms with van der Waals surface area (Å²) in [5.41, 5.74) is 0. The van der Waals surface area contributed by atoms with E-state index in [-0.39, 0.29) is 0 Å². The molecule has 0 saturated carbocycles. The molecule has 0 aliphatic rings. The number of halogens is 2. The first-order chi connectivity index (χ1) is 6.95. The highest BCUT2D eigenvalue weighted by Crippen LogP contribution is 2.30. The Balaban J connectivity index is 3.01. The lowest BCUT2D eigenvalue weighted by molar-refractivity contribution is 0.502. The first kappa shape index (κ1) is 12.7. The second-order valence-corrected chi connectivity index (χ2v) is 5.05. The number of aromatic nitrogens is 2. The van der Waals surface area contributed by atoms with E-state index < -0.39 is 0 Å². The average molecular weight is 293 g/mol. The van der Waals surface area contributed by atoms with Crippen molar-refractivity contribution in [3.8, 4) is 0 Å². The molecule has 3 nitrogen and oxygen atoms in total. The minimum Gasteiger partial charge on any atom is -0.356 e. The zero-order valence-electron chi connectivity index (χ0n) is 9.33. The molecule has 0 aliphatic heterocycles. The standard InChI is InChI=1S/C10H15BrClN3/c1-6(2)7(3)15(4)10-8(11)9(12)13-5-14-10/h5-7H,1-4H3. The van der Waals surface area contributed by atoms with Gasteiger partial charge in [0.15, 0.2) is 0 Å². The molecule has 0 bridgehead atoms. The molecule has 0 aliphatic carbocycles. The topological polar surface area (TPSA) is 29.0 Å². The van der Waals surface area contributed by atoms with Crippen LogP contribution in [-0.2, 0) is 0 Å². The smallest absolute Gasteiger partial charge is 0.148 e. The summed E-state index contributed by atoms with van der Waals surface area (Å²) < 4.78 is 0.752. The Hall–Kier alpha value is -0.350. The van der Waals surface area contributed by atoms with Crippen molar-refractivity contribution in [2.75, 3.05) is 11.9 Å². The zero-order chi connectivity index (χ0) is 11.6. The summed E-state index contributed by atoms with van der Waals surface area (Å²) in [6.45, 7) is 6.52. The Kier molecular flexibility index (Phi) is 4.34. The summed E-state index contributed by atoms with van der Waals surface area (Å²) in [6.07, 6.45) is 1.48. The molecule has 0 aromatic carbocycles. The van der Waals surface area contributed by atoms with Crippen LogP contribution in [0.15, 0.2) is 10.8 Å². The van der Waals surface area contributed by atoms with Crippen molar-refractivity contribution < 1.29 is 0 Å². The van der Waals surface area contributed by atoms with Crippen molar-refractivity contribution in [3.63, 3.8) is 0 Å². The summed E-state index contributed by atoms with van der Waals surface area (Å²) in [5, 5.41) is 0.447. The van der Waals surface area contributed by atoms with Crippen molar-refractivity contribution in [1.29, 1.82) is 0 Å². The third kappa shape index (κ3) is 2.82. The first-order valence-electron chi connectivity index (χ1n) is 4.84. The third-order valence-corrected chi connectivity index (χ3v) is 3.88. The van der Waals surface area contributed by atoms with Gasteiger partial charge in [-0.05, 0) is 28.8 Å². The third-order valence-electron chi connectivity index (χ3n) is 2.64. The average Bonchev–Trinajstić information content (AvgIpc) is 2.20. The highest BCUT2D eigenvalue weighted by Gasteiger charge is 2.18. The molecule has 0 fully saturated rings. The number of hydrogen-bond acceptors (Lipinski definition) is 3. The quantitative estimate of drug-likeness (QED) is 0.800. The fraction of sp³-hybridized carbons (Fsp3) is 0.600. The summed E-state index contributed by atoms with van der Waals surface area (Å²) in [4.78, 5) is 10.2. The lowest BCUT2D eigenvalue weighted by Gasteiger charge is -2.29. The van der Waals surface area contributed by atoms with Crippen LogP contribution in [0.1, 0.15) is 20.8 Å². The van der Waals surface area contributed by atoms with Gasteiger partial charge < -0.3 is 4.90 Å². The van der Waals surface area contributed by atoms with Gasteiger partial charge in [0.2, 0.25) is 0 Å². The molecule has 5 heteroatoms. The van der Waals surface area contributed by atoms with Gasteiger partial charge in [0.05, 0.1) is 4.47 Å². The molecule has 1 rings (SSSR count). The minimum atomic E-state index is 0.396. The molecule has 84 valence electrons. The van der Waals surface area contributed by atoms with Crippen LogP contribution in [0.4, 0.5) is 5.82 Å². The zero-order valence-corrected chi connectivity index (χ0v) is 11.7. The Morgan fingerprint density at radius 2 is 1.93 bits per heavy atom. The summed E-state index contributed by atoms with van der Waals surface area (Å²) >= 11 is 9.32. The largest absolute Gasteiger partial charge is 0.356 e. The van der Waals surface area contributed by atoms with Gasteiger partial charge in [-0.25, -0.2) is 9.97 Å². The van der Waals surface area contributed by atoms with E-state index in [9.17, 15) is 0 Å². The van der Waals surface area contributed by atoms with Gasteiger partial charge in [0.1, 0.15) is 17.3 Å². The van der Waals surface area contributed by atoms with Crippen LogP contribution in [0.3, 0.4) is 0 Å². The molecule has 0 N–H and O–H groups in total. The van der Waals surface area contributed by atoms with Gasteiger partial charge in [-0.2, -0.15) is 0 Å². The predicted molar refractivity (Wildman–Crippen MR) is 67.4 cm³/mol. The van der Waals surface area contributed by atoms with Crippen molar-refractivity contribution in [2.45, 2.75) is 26.8 Å². The van der Waals surface area contributed by atoms with Crippen molar-refractivity contribution in [3.05, 3.63) is 16.0 Å². The Labute approximate surface area is 104 Å². The normalized spacial score (nSPS) is 13.0. The van der Waals surface area contributed by atoms with Crippen LogP contribution in [0.2, 0.25) is 5.15 Å². The molecule has 0 amide bonds. The highest BCUT2D eigenvalue weighted by molar-refractivity contribution is 9.10. The maximum atomic E-state index is 5.92. The van der Waals surface area contributed by atoms with Crippen molar-refractivity contribution >= 4 is 33.3 Å². The molecule has 0 radical (unpaired) electrons. The van der Waals surface area contributed by atoms with E-state index in [2.05, 4.69) is 51.6 Å². The Morgan fingerprint density at radius 1 is 1.33 bits per heavy atom. The van der Waals surface area contributed by atoms with E-state index in [1.807, 2.05) is 7.05 Å². The molecule has 0 saturated heterocycles. The van der Waals surface area contributed by atoms with Crippen LogP contribution in [-0.4, -0.2) is 23.1 Å². The van der Waals surface area contributed by atoms with E-state index in [4.69, 9.17) is 11.6 Å². The molecule has 1 heterocycles. The second kappa shape index (κ2) is 5.12. The Bertz CT molecular complexity index is 343. The number of hydrogen-bond donors (Lipinski definition) is 0. The van der Waals surface area contributed by atoms with Crippen molar-refractivity contribution in [1.82, 2.24) is 9.97 Å². The van der Waals surface area contributed by atoms with Crippen LogP contribution in [0.5, 0.6) is 0 Å². The molecule has 1 atom stereocenters. The van der Waals surface area contributed by atoms with Crippen LogP contribution in [0, 0.1) is 5.92 Å². The van der Waals surface area contributed by atoms with E-state index in [1.165, 1.54) is 6.33 Å². The minimum absolute atomic E-state index is 0.396. The monoisotopic (exact) mass is 291 g/mol. The number of nitrogens with zero attached hydrogens (tertiary/aromatic N) is 3. The van der Waals surface area contributed by atoms with Crippen molar-refractivity contribution in [2.24, 2.45) is 5.92 Å².